The Hall–Kier alpha value is -1.88. The molecule has 0 saturated heterocycles. The topological polar surface area (TPSA) is 33.1 Å². The van der Waals surface area contributed by atoms with Crippen LogP contribution in [0.25, 0.3) is 0 Å². The molecule has 100 valence electrons. The summed E-state index contributed by atoms with van der Waals surface area (Å²) in [5.74, 6) is 0. The van der Waals surface area contributed by atoms with Crippen molar-refractivity contribution in [2.75, 3.05) is 12.4 Å². The van der Waals surface area contributed by atoms with E-state index in [1.165, 1.54) is 5.56 Å². The standard InChI is InChI=1S/C14H18N4S/c1-11-4-6-12(7-5-11)15-14(19)17(2)10-13-8-9-18(3)16-13/h4-9H,10H2,1-3H3,(H,15,19). The smallest absolute Gasteiger partial charge is 0.173 e. The van der Waals surface area contributed by atoms with Gasteiger partial charge in [0.05, 0.1) is 12.2 Å². The Kier molecular flexibility index (Phi) is 4.16. The van der Waals surface area contributed by atoms with Gasteiger partial charge in [-0.1, -0.05) is 17.7 Å². The maximum atomic E-state index is 5.38. The molecule has 0 bridgehead atoms. The van der Waals surface area contributed by atoms with Crippen LogP contribution in [0.15, 0.2) is 36.5 Å². The van der Waals surface area contributed by atoms with Gasteiger partial charge in [-0.3, -0.25) is 4.68 Å². The first kappa shape index (κ1) is 13.5. The van der Waals surface area contributed by atoms with E-state index in [1.807, 2.05) is 43.4 Å². The van der Waals surface area contributed by atoms with E-state index in [9.17, 15) is 0 Å². The summed E-state index contributed by atoms with van der Waals surface area (Å²) in [4.78, 5) is 1.97. The molecule has 0 amide bonds. The second kappa shape index (κ2) is 5.84. The lowest BCUT2D eigenvalue weighted by Gasteiger charge is -2.20. The molecule has 1 aromatic carbocycles. The quantitative estimate of drug-likeness (QED) is 0.872. The molecular weight excluding hydrogens is 256 g/mol. The third kappa shape index (κ3) is 3.79. The van der Waals surface area contributed by atoms with Crippen LogP contribution in [-0.2, 0) is 13.6 Å². The zero-order valence-corrected chi connectivity index (χ0v) is 12.2. The minimum absolute atomic E-state index is 0.689. The largest absolute Gasteiger partial charge is 0.346 e. The monoisotopic (exact) mass is 274 g/mol. The third-order valence-corrected chi connectivity index (χ3v) is 3.23. The third-order valence-electron chi connectivity index (χ3n) is 2.82. The van der Waals surface area contributed by atoms with E-state index >= 15 is 0 Å². The van der Waals surface area contributed by atoms with E-state index < -0.39 is 0 Å². The SMILES string of the molecule is Cc1ccc(NC(=S)N(C)Cc2ccn(C)n2)cc1. The average molecular weight is 274 g/mol. The summed E-state index contributed by atoms with van der Waals surface area (Å²) in [6, 6.07) is 10.2. The van der Waals surface area contributed by atoms with Crippen LogP contribution in [0.1, 0.15) is 11.3 Å². The molecule has 0 unspecified atom stereocenters. The normalized spacial score (nSPS) is 10.3. The van der Waals surface area contributed by atoms with Crippen LogP contribution in [0.4, 0.5) is 5.69 Å². The van der Waals surface area contributed by atoms with Crippen molar-refractivity contribution in [2.24, 2.45) is 7.05 Å². The van der Waals surface area contributed by atoms with E-state index in [2.05, 4.69) is 29.5 Å². The maximum absolute atomic E-state index is 5.38. The van der Waals surface area contributed by atoms with E-state index in [1.54, 1.807) is 4.68 Å². The number of benzene rings is 1. The van der Waals surface area contributed by atoms with Crippen molar-refractivity contribution in [1.29, 1.82) is 0 Å². The number of anilines is 1. The van der Waals surface area contributed by atoms with Gasteiger partial charge in [-0.25, -0.2) is 0 Å². The molecule has 1 heterocycles. The van der Waals surface area contributed by atoms with Gasteiger partial charge in [0.25, 0.3) is 0 Å². The lowest BCUT2D eigenvalue weighted by Crippen LogP contribution is -2.30. The first-order valence-electron chi connectivity index (χ1n) is 6.12. The number of nitrogens with one attached hydrogen (secondary N) is 1. The predicted molar refractivity (Wildman–Crippen MR) is 82.1 cm³/mol. The molecule has 1 N–H and O–H groups in total. The molecule has 0 aliphatic rings. The fourth-order valence-electron chi connectivity index (χ4n) is 1.72. The summed E-state index contributed by atoms with van der Waals surface area (Å²) in [6.07, 6.45) is 1.93. The predicted octanol–water partition coefficient (Wildman–Crippen LogP) is 2.56. The van der Waals surface area contributed by atoms with Gasteiger partial charge >= 0.3 is 0 Å². The molecular formula is C14H18N4S. The second-order valence-corrected chi connectivity index (χ2v) is 5.02. The van der Waals surface area contributed by atoms with Crippen molar-refractivity contribution in [3.05, 3.63) is 47.8 Å². The molecule has 0 atom stereocenters. The van der Waals surface area contributed by atoms with E-state index in [0.29, 0.717) is 11.7 Å². The van der Waals surface area contributed by atoms with E-state index in [4.69, 9.17) is 12.2 Å². The Bertz CT molecular complexity index is 559. The lowest BCUT2D eigenvalue weighted by atomic mass is 10.2. The number of nitrogens with zero attached hydrogens (tertiary/aromatic N) is 3. The zero-order chi connectivity index (χ0) is 13.8. The number of hydrogen-bond donors (Lipinski definition) is 1. The zero-order valence-electron chi connectivity index (χ0n) is 11.4. The molecule has 4 nitrogen and oxygen atoms in total. The summed E-state index contributed by atoms with van der Waals surface area (Å²) >= 11 is 5.38. The van der Waals surface area contributed by atoms with E-state index in [0.717, 1.165) is 11.4 Å². The van der Waals surface area contributed by atoms with Gasteiger partial charge in [-0.15, -0.1) is 0 Å². The summed E-state index contributed by atoms with van der Waals surface area (Å²) in [5.41, 5.74) is 3.24. The van der Waals surface area contributed by atoms with E-state index in [-0.39, 0.29) is 0 Å². The molecule has 19 heavy (non-hydrogen) atoms. The van der Waals surface area contributed by atoms with Gasteiger partial charge < -0.3 is 10.2 Å². The van der Waals surface area contributed by atoms with Crippen molar-refractivity contribution in [3.63, 3.8) is 0 Å². The van der Waals surface area contributed by atoms with Crippen molar-refractivity contribution in [3.8, 4) is 0 Å². The molecule has 0 fully saturated rings. The number of aryl methyl sites for hydroxylation is 2. The molecule has 0 radical (unpaired) electrons. The van der Waals surface area contributed by atoms with Crippen molar-refractivity contribution in [2.45, 2.75) is 13.5 Å². The second-order valence-electron chi connectivity index (χ2n) is 4.63. The average Bonchev–Trinajstić information content (AvgIpc) is 2.77. The first-order chi connectivity index (χ1) is 9.04. The van der Waals surface area contributed by atoms with Crippen LogP contribution >= 0.6 is 12.2 Å². The lowest BCUT2D eigenvalue weighted by molar-refractivity contribution is 0.495. The van der Waals surface area contributed by atoms with Gasteiger partial charge in [0.15, 0.2) is 5.11 Å². The minimum atomic E-state index is 0.689. The van der Waals surface area contributed by atoms with Crippen LogP contribution in [-0.4, -0.2) is 26.8 Å². The van der Waals surface area contributed by atoms with Crippen molar-refractivity contribution >= 4 is 23.0 Å². The van der Waals surface area contributed by atoms with Crippen LogP contribution in [0.3, 0.4) is 0 Å². The van der Waals surface area contributed by atoms with Crippen molar-refractivity contribution in [1.82, 2.24) is 14.7 Å². The Morgan fingerprint density at radius 2 is 2.00 bits per heavy atom. The Labute approximate surface area is 119 Å². The first-order valence-corrected chi connectivity index (χ1v) is 6.53. The highest BCUT2D eigenvalue weighted by Crippen LogP contribution is 2.10. The van der Waals surface area contributed by atoms with Crippen LogP contribution < -0.4 is 5.32 Å². The molecule has 0 saturated carbocycles. The van der Waals surface area contributed by atoms with Crippen LogP contribution in [0, 0.1) is 6.92 Å². The molecule has 5 heteroatoms. The Morgan fingerprint density at radius 1 is 1.32 bits per heavy atom. The summed E-state index contributed by atoms with van der Waals surface area (Å²) in [5, 5.41) is 8.25. The highest BCUT2D eigenvalue weighted by molar-refractivity contribution is 7.80. The van der Waals surface area contributed by atoms with Gasteiger partial charge in [0.1, 0.15) is 0 Å². The molecule has 0 aliphatic carbocycles. The fourth-order valence-corrected chi connectivity index (χ4v) is 1.90. The van der Waals surface area contributed by atoms with Gasteiger partial charge in [0, 0.05) is 26.0 Å². The minimum Gasteiger partial charge on any atom is -0.346 e. The highest BCUT2D eigenvalue weighted by Gasteiger charge is 2.07. The summed E-state index contributed by atoms with van der Waals surface area (Å²) in [6.45, 7) is 2.76. The molecule has 1 aromatic heterocycles. The number of aromatic nitrogens is 2. The van der Waals surface area contributed by atoms with Crippen LogP contribution in [0.5, 0.6) is 0 Å². The van der Waals surface area contributed by atoms with Gasteiger partial charge in [-0.2, -0.15) is 5.10 Å². The summed E-state index contributed by atoms with van der Waals surface area (Å²) in [7, 11) is 3.87. The number of rotatable bonds is 3. The molecule has 0 spiro atoms. The number of thiocarbonyl (C=S) groups is 1. The molecule has 2 rings (SSSR count). The van der Waals surface area contributed by atoms with Crippen molar-refractivity contribution < 1.29 is 0 Å². The molecule has 2 aromatic rings. The van der Waals surface area contributed by atoms with Crippen LogP contribution in [0.2, 0.25) is 0 Å². The summed E-state index contributed by atoms with van der Waals surface area (Å²) < 4.78 is 1.79. The number of hydrogen-bond acceptors (Lipinski definition) is 2. The van der Waals surface area contributed by atoms with Gasteiger partial charge in [-0.05, 0) is 37.3 Å². The van der Waals surface area contributed by atoms with Gasteiger partial charge in [0.2, 0.25) is 0 Å². The Balaban J connectivity index is 1.94. The fraction of sp³-hybridized carbons (Fsp3) is 0.286. The maximum Gasteiger partial charge on any atom is 0.173 e. The Morgan fingerprint density at radius 3 is 2.58 bits per heavy atom. The molecule has 0 aliphatic heterocycles. The highest BCUT2D eigenvalue weighted by atomic mass is 32.1.